The Morgan fingerprint density at radius 1 is 1.18 bits per heavy atom. The second-order valence-corrected chi connectivity index (χ2v) is 5.12. The summed E-state index contributed by atoms with van der Waals surface area (Å²) in [6, 6.07) is 6.90. The van der Waals surface area contributed by atoms with Crippen LogP contribution in [-0.2, 0) is 0 Å². The zero-order valence-electron chi connectivity index (χ0n) is 11.5. The summed E-state index contributed by atoms with van der Waals surface area (Å²) in [6.07, 6.45) is 4.76. The van der Waals surface area contributed by atoms with Crippen molar-refractivity contribution in [1.82, 2.24) is 5.32 Å². The molecule has 1 aliphatic heterocycles. The summed E-state index contributed by atoms with van der Waals surface area (Å²) >= 11 is 1.88. The van der Waals surface area contributed by atoms with Crippen molar-refractivity contribution in [3.63, 3.8) is 0 Å². The van der Waals surface area contributed by atoms with Crippen molar-refractivity contribution >= 4 is 11.8 Å². The molecule has 2 heteroatoms. The van der Waals surface area contributed by atoms with Crippen molar-refractivity contribution in [2.75, 3.05) is 19.3 Å². The predicted molar refractivity (Wildman–Crippen MR) is 79.2 cm³/mol. The molecule has 0 spiro atoms. The maximum Gasteiger partial charge on any atom is 0.0107 e. The lowest BCUT2D eigenvalue weighted by Gasteiger charge is -2.24. The minimum absolute atomic E-state index is 0.772. The molecular formula is C15H25NS. The van der Waals surface area contributed by atoms with Crippen LogP contribution in [-0.4, -0.2) is 19.3 Å². The fourth-order valence-corrected chi connectivity index (χ4v) is 3.06. The SMILES string of the molecule is CC.CSc1cc(C)ccc1C1CCNCC1. The van der Waals surface area contributed by atoms with Crippen LogP contribution in [0.4, 0.5) is 0 Å². The van der Waals surface area contributed by atoms with E-state index in [0.717, 1.165) is 5.92 Å². The van der Waals surface area contributed by atoms with Gasteiger partial charge in [0.1, 0.15) is 0 Å². The van der Waals surface area contributed by atoms with E-state index < -0.39 is 0 Å². The Kier molecular flexibility index (Phi) is 6.68. The lowest BCUT2D eigenvalue weighted by molar-refractivity contribution is 0.456. The Labute approximate surface area is 110 Å². The average molecular weight is 251 g/mol. The Morgan fingerprint density at radius 3 is 2.41 bits per heavy atom. The molecule has 1 aromatic rings. The summed E-state index contributed by atoms with van der Waals surface area (Å²) < 4.78 is 0. The van der Waals surface area contributed by atoms with Crippen LogP contribution in [0.3, 0.4) is 0 Å². The first kappa shape index (κ1) is 14.6. The Bertz CT molecular complexity index is 330. The van der Waals surface area contributed by atoms with Crippen molar-refractivity contribution in [3.05, 3.63) is 29.3 Å². The molecule has 0 atom stereocenters. The van der Waals surface area contributed by atoms with E-state index in [1.54, 1.807) is 5.56 Å². The summed E-state index contributed by atoms with van der Waals surface area (Å²) in [5.74, 6) is 0.772. The van der Waals surface area contributed by atoms with E-state index in [9.17, 15) is 0 Å². The lowest BCUT2D eigenvalue weighted by Crippen LogP contribution is -2.26. The molecule has 1 aliphatic rings. The van der Waals surface area contributed by atoms with E-state index in [1.165, 1.54) is 36.4 Å². The highest BCUT2D eigenvalue weighted by atomic mass is 32.2. The van der Waals surface area contributed by atoms with Gasteiger partial charge in [-0.1, -0.05) is 31.5 Å². The molecule has 0 aliphatic carbocycles. The number of nitrogens with one attached hydrogen (secondary N) is 1. The zero-order chi connectivity index (χ0) is 12.7. The van der Waals surface area contributed by atoms with Crippen LogP contribution in [0.1, 0.15) is 43.7 Å². The van der Waals surface area contributed by atoms with Gasteiger partial charge in [-0.25, -0.2) is 0 Å². The first-order chi connectivity index (χ1) is 8.31. The van der Waals surface area contributed by atoms with Crippen LogP contribution in [0.5, 0.6) is 0 Å². The van der Waals surface area contributed by atoms with Crippen molar-refractivity contribution in [3.8, 4) is 0 Å². The number of hydrogen-bond donors (Lipinski definition) is 1. The fraction of sp³-hybridized carbons (Fsp3) is 0.600. The van der Waals surface area contributed by atoms with Gasteiger partial charge < -0.3 is 5.32 Å². The third kappa shape index (κ3) is 4.04. The molecule has 0 saturated carbocycles. The van der Waals surface area contributed by atoms with Crippen molar-refractivity contribution in [2.45, 2.75) is 44.4 Å². The second kappa shape index (κ2) is 7.78. The molecular weight excluding hydrogens is 226 g/mol. The molecule has 1 heterocycles. The standard InChI is InChI=1S/C13H19NS.C2H6/c1-10-3-4-12(13(9-10)15-2)11-5-7-14-8-6-11;1-2/h3-4,9,11,14H,5-8H2,1-2H3;1-2H3. The minimum Gasteiger partial charge on any atom is -0.317 e. The highest BCUT2D eigenvalue weighted by molar-refractivity contribution is 7.98. The third-order valence-corrected chi connectivity index (χ3v) is 3.96. The number of benzene rings is 1. The largest absolute Gasteiger partial charge is 0.317 e. The van der Waals surface area contributed by atoms with Gasteiger partial charge in [-0.2, -0.15) is 0 Å². The van der Waals surface area contributed by atoms with Crippen LogP contribution >= 0.6 is 11.8 Å². The Morgan fingerprint density at radius 2 is 1.82 bits per heavy atom. The van der Waals surface area contributed by atoms with Gasteiger partial charge >= 0.3 is 0 Å². The first-order valence-corrected chi connectivity index (χ1v) is 7.89. The van der Waals surface area contributed by atoms with Crippen LogP contribution in [0.2, 0.25) is 0 Å². The average Bonchev–Trinajstić information content (AvgIpc) is 2.42. The molecule has 17 heavy (non-hydrogen) atoms. The fourth-order valence-electron chi connectivity index (χ4n) is 2.29. The van der Waals surface area contributed by atoms with Crippen LogP contribution in [0.25, 0.3) is 0 Å². The van der Waals surface area contributed by atoms with Crippen molar-refractivity contribution in [1.29, 1.82) is 0 Å². The summed E-state index contributed by atoms with van der Waals surface area (Å²) in [5.41, 5.74) is 2.94. The molecule has 1 aromatic carbocycles. The molecule has 0 radical (unpaired) electrons. The van der Waals surface area contributed by atoms with E-state index in [1.807, 2.05) is 25.6 Å². The summed E-state index contributed by atoms with van der Waals surface area (Å²) in [6.45, 7) is 8.52. The Hall–Kier alpha value is -0.470. The molecule has 0 amide bonds. The van der Waals surface area contributed by atoms with Gasteiger partial charge in [-0.15, -0.1) is 11.8 Å². The third-order valence-electron chi connectivity index (χ3n) is 3.17. The molecule has 1 fully saturated rings. The van der Waals surface area contributed by atoms with Gasteiger partial charge in [0, 0.05) is 4.90 Å². The van der Waals surface area contributed by atoms with E-state index in [-0.39, 0.29) is 0 Å². The smallest absolute Gasteiger partial charge is 0.0107 e. The highest BCUT2D eigenvalue weighted by Crippen LogP contribution is 2.33. The molecule has 1 N–H and O–H groups in total. The van der Waals surface area contributed by atoms with Gasteiger partial charge in [0.05, 0.1) is 0 Å². The number of aryl methyl sites for hydroxylation is 1. The number of thioether (sulfide) groups is 1. The monoisotopic (exact) mass is 251 g/mol. The second-order valence-electron chi connectivity index (χ2n) is 4.27. The normalized spacial score (nSPS) is 16.2. The topological polar surface area (TPSA) is 12.0 Å². The van der Waals surface area contributed by atoms with E-state index in [0.29, 0.717) is 0 Å². The summed E-state index contributed by atoms with van der Waals surface area (Å²) in [4.78, 5) is 1.47. The molecule has 96 valence electrons. The summed E-state index contributed by atoms with van der Waals surface area (Å²) in [5, 5.41) is 3.43. The molecule has 2 rings (SSSR count). The maximum atomic E-state index is 3.43. The quantitative estimate of drug-likeness (QED) is 0.790. The van der Waals surface area contributed by atoms with Crippen molar-refractivity contribution in [2.24, 2.45) is 0 Å². The number of hydrogen-bond acceptors (Lipinski definition) is 2. The molecule has 0 aromatic heterocycles. The Balaban J connectivity index is 0.000000686. The van der Waals surface area contributed by atoms with E-state index in [4.69, 9.17) is 0 Å². The van der Waals surface area contributed by atoms with Crippen LogP contribution in [0.15, 0.2) is 23.1 Å². The lowest BCUT2D eigenvalue weighted by atomic mass is 9.90. The first-order valence-electron chi connectivity index (χ1n) is 6.66. The number of piperidine rings is 1. The molecule has 0 bridgehead atoms. The zero-order valence-corrected chi connectivity index (χ0v) is 12.4. The molecule has 0 unspecified atom stereocenters. The molecule has 1 saturated heterocycles. The van der Waals surface area contributed by atoms with Gasteiger partial charge in [-0.3, -0.25) is 0 Å². The number of rotatable bonds is 2. The molecule has 1 nitrogen and oxygen atoms in total. The van der Waals surface area contributed by atoms with E-state index >= 15 is 0 Å². The predicted octanol–water partition coefficient (Wildman–Crippen LogP) is 4.21. The van der Waals surface area contributed by atoms with Crippen LogP contribution < -0.4 is 5.32 Å². The minimum atomic E-state index is 0.772. The van der Waals surface area contributed by atoms with Crippen LogP contribution in [0, 0.1) is 6.92 Å². The maximum absolute atomic E-state index is 3.43. The van der Waals surface area contributed by atoms with Gasteiger partial charge in [0.25, 0.3) is 0 Å². The summed E-state index contributed by atoms with van der Waals surface area (Å²) in [7, 11) is 0. The van der Waals surface area contributed by atoms with Gasteiger partial charge in [-0.05, 0) is 56.7 Å². The van der Waals surface area contributed by atoms with Crippen molar-refractivity contribution < 1.29 is 0 Å². The van der Waals surface area contributed by atoms with Gasteiger partial charge in [0.15, 0.2) is 0 Å². The van der Waals surface area contributed by atoms with Gasteiger partial charge in [0.2, 0.25) is 0 Å². The van der Waals surface area contributed by atoms with E-state index in [2.05, 4.69) is 36.7 Å². The highest BCUT2D eigenvalue weighted by Gasteiger charge is 2.17.